The molecule has 0 spiro atoms. The zero-order valence-electron chi connectivity index (χ0n) is 17.1. The third-order valence-electron chi connectivity index (χ3n) is 6.27. The van der Waals surface area contributed by atoms with Crippen LogP contribution in [0, 0.1) is 5.92 Å². The number of amides is 1. The predicted molar refractivity (Wildman–Crippen MR) is 115 cm³/mol. The molecular weight excluding hydrogens is 380 g/mol. The zero-order valence-corrected chi connectivity index (χ0v) is 17.1. The Kier molecular flexibility index (Phi) is 4.65. The summed E-state index contributed by atoms with van der Waals surface area (Å²) in [4.78, 5) is 23.9. The number of benzene rings is 2. The van der Waals surface area contributed by atoms with Crippen molar-refractivity contribution in [1.82, 2.24) is 9.97 Å². The molecule has 0 saturated carbocycles. The molecule has 7 heteroatoms. The summed E-state index contributed by atoms with van der Waals surface area (Å²) in [5, 5.41) is 3.98. The van der Waals surface area contributed by atoms with E-state index in [4.69, 9.17) is 9.47 Å². The molecule has 1 saturated heterocycles. The van der Waals surface area contributed by atoms with Crippen LogP contribution in [0.15, 0.2) is 42.7 Å². The average Bonchev–Trinajstić information content (AvgIpc) is 3.13. The number of piperidine rings is 1. The minimum Gasteiger partial charge on any atom is -0.493 e. The lowest BCUT2D eigenvalue weighted by atomic mass is 9.81. The van der Waals surface area contributed by atoms with Gasteiger partial charge in [0.2, 0.25) is 5.91 Å². The van der Waals surface area contributed by atoms with Crippen molar-refractivity contribution in [3.63, 3.8) is 0 Å². The maximum atomic E-state index is 12.6. The van der Waals surface area contributed by atoms with Crippen LogP contribution in [0.3, 0.4) is 0 Å². The number of nitrogens with zero attached hydrogens (tertiary/aromatic N) is 3. The monoisotopic (exact) mass is 404 g/mol. The standard InChI is InChI=1S/C23H24N4O3/c1-29-19-11-16-18(12-20(19)30-2)24-13-25-22(16)27-9-7-14(8-10-27)21-15-5-3-4-6-17(15)26-23(21)28/h3-6,11-14,21H,7-10H2,1-2H3,(H,26,28). The van der Waals surface area contributed by atoms with Gasteiger partial charge in [0.05, 0.1) is 25.7 Å². The second-order valence-electron chi connectivity index (χ2n) is 7.80. The molecule has 1 aromatic heterocycles. The molecule has 1 atom stereocenters. The molecule has 0 aliphatic carbocycles. The van der Waals surface area contributed by atoms with Crippen molar-refractivity contribution in [1.29, 1.82) is 0 Å². The van der Waals surface area contributed by atoms with Gasteiger partial charge in [-0.1, -0.05) is 18.2 Å². The summed E-state index contributed by atoms with van der Waals surface area (Å²) in [6.07, 6.45) is 3.47. The second kappa shape index (κ2) is 7.48. The normalized spacial score (nSPS) is 18.9. The van der Waals surface area contributed by atoms with Crippen LogP contribution in [0.4, 0.5) is 11.5 Å². The Morgan fingerprint density at radius 2 is 1.77 bits per heavy atom. The molecule has 30 heavy (non-hydrogen) atoms. The number of carbonyl (C=O) groups excluding carboxylic acids is 1. The summed E-state index contributed by atoms with van der Waals surface area (Å²) in [7, 11) is 3.25. The van der Waals surface area contributed by atoms with E-state index < -0.39 is 0 Å². The molecule has 5 rings (SSSR count). The fourth-order valence-corrected chi connectivity index (χ4v) is 4.77. The number of anilines is 2. The van der Waals surface area contributed by atoms with Crippen molar-refractivity contribution in [3.8, 4) is 11.5 Å². The minimum absolute atomic E-state index is 0.0603. The van der Waals surface area contributed by atoms with Crippen LogP contribution in [-0.4, -0.2) is 43.2 Å². The Hall–Kier alpha value is -3.35. The number of ether oxygens (including phenoxy) is 2. The van der Waals surface area contributed by atoms with Gasteiger partial charge in [0.15, 0.2) is 11.5 Å². The van der Waals surface area contributed by atoms with Crippen molar-refractivity contribution in [2.75, 3.05) is 37.5 Å². The number of hydrogen-bond acceptors (Lipinski definition) is 6. The minimum atomic E-state index is -0.0603. The molecule has 154 valence electrons. The van der Waals surface area contributed by atoms with E-state index in [0.29, 0.717) is 17.4 Å². The number of hydrogen-bond donors (Lipinski definition) is 1. The van der Waals surface area contributed by atoms with Crippen LogP contribution < -0.4 is 19.7 Å². The molecule has 1 N–H and O–H groups in total. The molecule has 1 fully saturated rings. The van der Waals surface area contributed by atoms with E-state index in [1.165, 1.54) is 0 Å². The Morgan fingerprint density at radius 1 is 1.03 bits per heavy atom. The first-order chi connectivity index (χ1) is 14.7. The lowest BCUT2D eigenvalue weighted by Crippen LogP contribution is -2.37. The Morgan fingerprint density at radius 3 is 2.53 bits per heavy atom. The van der Waals surface area contributed by atoms with Gasteiger partial charge < -0.3 is 19.7 Å². The number of rotatable bonds is 4. The third-order valence-corrected chi connectivity index (χ3v) is 6.27. The summed E-state index contributed by atoms with van der Waals surface area (Å²) in [6, 6.07) is 11.9. The Labute approximate surface area is 175 Å². The molecule has 3 aromatic rings. The molecule has 2 aromatic carbocycles. The Balaban J connectivity index is 1.40. The molecular formula is C23H24N4O3. The van der Waals surface area contributed by atoms with E-state index in [1.807, 2.05) is 30.3 Å². The van der Waals surface area contributed by atoms with Gasteiger partial charge in [-0.05, 0) is 36.5 Å². The smallest absolute Gasteiger partial charge is 0.232 e. The highest BCUT2D eigenvalue weighted by molar-refractivity contribution is 6.03. The first-order valence-corrected chi connectivity index (χ1v) is 10.2. The first-order valence-electron chi connectivity index (χ1n) is 10.2. The fourth-order valence-electron chi connectivity index (χ4n) is 4.77. The van der Waals surface area contributed by atoms with E-state index in [9.17, 15) is 4.79 Å². The van der Waals surface area contributed by atoms with Crippen LogP contribution in [0.25, 0.3) is 10.9 Å². The van der Waals surface area contributed by atoms with Crippen molar-refractivity contribution in [2.45, 2.75) is 18.8 Å². The van der Waals surface area contributed by atoms with Gasteiger partial charge in [-0.2, -0.15) is 0 Å². The number of fused-ring (bicyclic) bond motifs is 2. The number of para-hydroxylation sites is 1. The lowest BCUT2D eigenvalue weighted by Gasteiger charge is -2.35. The highest BCUT2D eigenvalue weighted by atomic mass is 16.5. The Bertz CT molecular complexity index is 1110. The molecule has 1 unspecified atom stereocenters. The first kappa shape index (κ1) is 18.7. The van der Waals surface area contributed by atoms with Crippen molar-refractivity contribution in [2.24, 2.45) is 5.92 Å². The van der Waals surface area contributed by atoms with Crippen molar-refractivity contribution >= 4 is 28.3 Å². The largest absolute Gasteiger partial charge is 0.493 e. The number of methoxy groups -OCH3 is 2. The predicted octanol–water partition coefficient (Wildman–Crippen LogP) is 3.60. The van der Waals surface area contributed by atoms with Crippen molar-refractivity contribution in [3.05, 3.63) is 48.3 Å². The van der Waals surface area contributed by atoms with Gasteiger partial charge in [-0.25, -0.2) is 9.97 Å². The number of aromatic nitrogens is 2. The van der Waals surface area contributed by atoms with Crippen LogP contribution in [0.2, 0.25) is 0 Å². The fraction of sp³-hybridized carbons (Fsp3) is 0.348. The lowest BCUT2D eigenvalue weighted by molar-refractivity contribution is -0.118. The van der Waals surface area contributed by atoms with E-state index in [0.717, 1.165) is 53.9 Å². The van der Waals surface area contributed by atoms with Crippen LogP contribution in [0.1, 0.15) is 24.3 Å². The SMILES string of the molecule is COc1cc2ncnc(N3CCC(C4C(=O)Nc5ccccc54)CC3)c2cc1OC. The third kappa shape index (κ3) is 3.01. The van der Waals surface area contributed by atoms with Crippen molar-refractivity contribution < 1.29 is 14.3 Å². The van der Waals surface area contributed by atoms with Gasteiger partial charge in [0, 0.05) is 30.2 Å². The summed E-state index contributed by atoms with van der Waals surface area (Å²) < 4.78 is 10.9. The summed E-state index contributed by atoms with van der Waals surface area (Å²) in [5.74, 6) is 2.60. The maximum Gasteiger partial charge on any atom is 0.232 e. The van der Waals surface area contributed by atoms with E-state index in [-0.39, 0.29) is 11.8 Å². The van der Waals surface area contributed by atoms with E-state index in [1.54, 1.807) is 20.5 Å². The molecule has 2 aliphatic heterocycles. The second-order valence-corrected chi connectivity index (χ2v) is 7.80. The van der Waals surface area contributed by atoms with E-state index >= 15 is 0 Å². The van der Waals surface area contributed by atoms with Gasteiger partial charge in [0.1, 0.15) is 12.1 Å². The molecule has 2 aliphatic rings. The van der Waals surface area contributed by atoms with Gasteiger partial charge in [-0.15, -0.1) is 0 Å². The van der Waals surface area contributed by atoms with Gasteiger partial charge in [0.25, 0.3) is 0 Å². The van der Waals surface area contributed by atoms with Gasteiger partial charge >= 0.3 is 0 Å². The summed E-state index contributed by atoms with van der Waals surface area (Å²) >= 11 is 0. The molecule has 7 nitrogen and oxygen atoms in total. The summed E-state index contributed by atoms with van der Waals surface area (Å²) in [5.41, 5.74) is 2.91. The molecule has 0 bridgehead atoms. The topological polar surface area (TPSA) is 76.6 Å². The maximum absolute atomic E-state index is 12.6. The van der Waals surface area contributed by atoms with E-state index in [2.05, 4.69) is 26.3 Å². The van der Waals surface area contributed by atoms with Crippen LogP contribution in [0.5, 0.6) is 11.5 Å². The highest BCUT2D eigenvalue weighted by Gasteiger charge is 2.38. The van der Waals surface area contributed by atoms with Crippen LogP contribution in [-0.2, 0) is 4.79 Å². The summed E-state index contributed by atoms with van der Waals surface area (Å²) in [6.45, 7) is 1.69. The number of nitrogens with one attached hydrogen (secondary N) is 1. The quantitative estimate of drug-likeness (QED) is 0.716. The molecule has 0 radical (unpaired) electrons. The highest BCUT2D eigenvalue weighted by Crippen LogP contribution is 2.42. The van der Waals surface area contributed by atoms with Crippen LogP contribution >= 0.6 is 0 Å². The molecule has 1 amide bonds. The molecule has 3 heterocycles. The number of carbonyl (C=O) groups is 1. The zero-order chi connectivity index (χ0) is 20.7. The van der Waals surface area contributed by atoms with Gasteiger partial charge in [-0.3, -0.25) is 4.79 Å². The average molecular weight is 404 g/mol.